The molecule has 4 heteroatoms. The molecule has 1 aromatic carbocycles. The van der Waals surface area contributed by atoms with Crippen LogP contribution >= 0.6 is 0 Å². The van der Waals surface area contributed by atoms with E-state index in [1.165, 1.54) is 49.0 Å². The number of hydrogen-bond acceptors (Lipinski definition) is 3. The van der Waals surface area contributed by atoms with Crippen molar-refractivity contribution >= 4 is 5.91 Å². The van der Waals surface area contributed by atoms with E-state index in [0.717, 1.165) is 24.6 Å². The molecule has 1 fully saturated rings. The lowest BCUT2D eigenvalue weighted by Crippen LogP contribution is -2.41. The number of hydrogen-bond donors (Lipinski definition) is 1. The van der Waals surface area contributed by atoms with E-state index < -0.39 is 0 Å². The maximum Gasteiger partial charge on any atom is 0.253 e. The summed E-state index contributed by atoms with van der Waals surface area (Å²) in [6.07, 6.45) is 8.05. The quantitative estimate of drug-likeness (QED) is 0.921. The van der Waals surface area contributed by atoms with E-state index >= 15 is 0 Å². The molecular weight excluding hydrogens is 322 g/mol. The van der Waals surface area contributed by atoms with Gasteiger partial charge in [0.1, 0.15) is 0 Å². The number of fused-ring (bicyclic) bond motifs is 1. The van der Waals surface area contributed by atoms with Crippen molar-refractivity contribution < 1.29 is 4.79 Å². The molecule has 2 aromatic rings. The number of aryl methyl sites for hydroxylation is 1. The Morgan fingerprint density at radius 3 is 2.65 bits per heavy atom. The van der Waals surface area contributed by atoms with Gasteiger partial charge in [-0.3, -0.25) is 14.7 Å². The number of carbonyl (C=O) groups is 1. The number of benzene rings is 1. The second kappa shape index (κ2) is 7.58. The van der Waals surface area contributed by atoms with Crippen LogP contribution in [0, 0.1) is 6.92 Å². The van der Waals surface area contributed by atoms with Crippen LogP contribution < -0.4 is 5.32 Å². The molecule has 136 valence electrons. The minimum atomic E-state index is -0.0661. The van der Waals surface area contributed by atoms with Crippen LogP contribution in [0.2, 0.25) is 0 Å². The fraction of sp³-hybridized carbons (Fsp3) is 0.455. The summed E-state index contributed by atoms with van der Waals surface area (Å²) in [4.78, 5) is 19.1. The average molecular weight is 349 g/mol. The summed E-state index contributed by atoms with van der Waals surface area (Å²) >= 11 is 0. The van der Waals surface area contributed by atoms with Gasteiger partial charge in [0.25, 0.3) is 5.91 Å². The van der Waals surface area contributed by atoms with Crippen LogP contribution in [0.5, 0.6) is 0 Å². The average Bonchev–Trinajstić information content (AvgIpc) is 2.81. The van der Waals surface area contributed by atoms with E-state index in [1.54, 1.807) is 6.20 Å². The summed E-state index contributed by atoms with van der Waals surface area (Å²) in [5.74, 6) is -0.0661. The van der Waals surface area contributed by atoms with Crippen LogP contribution in [-0.2, 0) is 19.4 Å². The summed E-state index contributed by atoms with van der Waals surface area (Å²) in [6, 6.07) is 11.2. The maximum atomic E-state index is 12.3. The fourth-order valence-corrected chi connectivity index (χ4v) is 3.91. The summed E-state index contributed by atoms with van der Waals surface area (Å²) in [7, 11) is 0. The molecule has 4 rings (SSSR count). The minimum absolute atomic E-state index is 0.0661. The molecule has 2 heterocycles. The molecular formula is C22H27N3O. The van der Waals surface area contributed by atoms with Crippen molar-refractivity contribution in [2.75, 3.05) is 13.1 Å². The van der Waals surface area contributed by atoms with E-state index in [9.17, 15) is 4.79 Å². The van der Waals surface area contributed by atoms with Crippen LogP contribution in [0.4, 0.5) is 0 Å². The normalized spacial score (nSPS) is 17.9. The Labute approximate surface area is 155 Å². The predicted molar refractivity (Wildman–Crippen MR) is 103 cm³/mol. The van der Waals surface area contributed by atoms with Crippen molar-refractivity contribution in [3.8, 4) is 0 Å². The molecule has 1 aromatic heterocycles. The Balaban J connectivity index is 1.37. The first-order valence-corrected chi connectivity index (χ1v) is 9.74. The van der Waals surface area contributed by atoms with Crippen LogP contribution in [0.25, 0.3) is 0 Å². The molecule has 0 unspecified atom stereocenters. The van der Waals surface area contributed by atoms with Crippen molar-refractivity contribution in [3.05, 3.63) is 64.5 Å². The molecule has 4 nitrogen and oxygen atoms in total. The summed E-state index contributed by atoms with van der Waals surface area (Å²) < 4.78 is 0. The van der Waals surface area contributed by atoms with Gasteiger partial charge in [0.15, 0.2) is 0 Å². The second-order valence-corrected chi connectivity index (χ2v) is 7.59. The highest BCUT2D eigenvalue weighted by molar-refractivity contribution is 5.93. The molecule has 1 saturated carbocycles. The zero-order valence-electron chi connectivity index (χ0n) is 15.5. The van der Waals surface area contributed by atoms with Gasteiger partial charge < -0.3 is 5.32 Å². The lowest BCUT2D eigenvalue weighted by atomic mass is 9.91. The number of rotatable bonds is 4. The largest absolute Gasteiger partial charge is 0.348 e. The van der Waals surface area contributed by atoms with Gasteiger partial charge in [0, 0.05) is 37.6 Å². The molecule has 0 saturated heterocycles. The molecule has 2 aliphatic rings. The highest BCUT2D eigenvalue weighted by Crippen LogP contribution is 2.27. The monoisotopic (exact) mass is 349 g/mol. The van der Waals surface area contributed by atoms with Crippen molar-refractivity contribution in [2.24, 2.45) is 0 Å². The van der Waals surface area contributed by atoms with Gasteiger partial charge in [-0.05, 0) is 61.4 Å². The summed E-state index contributed by atoms with van der Waals surface area (Å²) in [6.45, 7) is 4.84. The SMILES string of the molecule is Cc1ccc(C(=O)NCc2ccc3c(c2)CCN(C2CCC2)CC3)cn1. The minimum Gasteiger partial charge on any atom is -0.348 e. The number of pyridine rings is 1. The van der Waals surface area contributed by atoms with Gasteiger partial charge in [-0.2, -0.15) is 0 Å². The van der Waals surface area contributed by atoms with Crippen LogP contribution in [0.15, 0.2) is 36.5 Å². The van der Waals surface area contributed by atoms with Crippen molar-refractivity contribution in [3.63, 3.8) is 0 Å². The molecule has 0 bridgehead atoms. The zero-order chi connectivity index (χ0) is 17.9. The molecule has 0 spiro atoms. The van der Waals surface area contributed by atoms with Gasteiger partial charge in [0.05, 0.1) is 5.56 Å². The van der Waals surface area contributed by atoms with Crippen LogP contribution in [0.1, 0.15) is 52.0 Å². The molecule has 1 aliphatic heterocycles. The Hall–Kier alpha value is -2.20. The van der Waals surface area contributed by atoms with E-state index in [-0.39, 0.29) is 5.91 Å². The van der Waals surface area contributed by atoms with Crippen molar-refractivity contribution in [1.82, 2.24) is 15.2 Å². The Morgan fingerprint density at radius 2 is 1.96 bits per heavy atom. The standard InChI is InChI=1S/C22H27N3O/c1-16-5-7-20(15-23-16)22(26)24-14-17-6-8-18-9-11-25(21-3-2-4-21)12-10-19(18)13-17/h5-8,13,15,21H,2-4,9-12,14H2,1H3,(H,24,26). The third-order valence-corrected chi connectivity index (χ3v) is 5.83. The number of aromatic nitrogens is 1. The highest BCUT2D eigenvalue weighted by Gasteiger charge is 2.26. The van der Waals surface area contributed by atoms with E-state index in [0.29, 0.717) is 12.1 Å². The van der Waals surface area contributed by atoms with Gasteiger partial charge >= 0.3 is 0 Å². The first-order valence-electron chi connectivity index (χ1n) is 9.74. The highest BCUT2D eigenvalue weighted by atomic mass is 16.1. The summed E-state index contributed by atoms with van der Waals surface area (Å²) in [5.41, 5.74) is 5.64. The smallest absolute Gasteiger partial charge is 0.253 e. The van der Waals surface area contributed by atoms with Gasteiger partial charge in [-0.15, -0.1) is 0 Å². The summed E-state index contributed by atoms with van der Waals surface area (Å²) in [5, 5.41) is 3.01. The zero-order valence-corrected chi connectivity index (χ0v) is 15.5. The molecule has 1 amide bonds. The van der Waals surface area contributed by atoms with Gasteiger partial charge in [0.2, 0.25) is 0 Å². The van der Waals surface area contributed by atoms with E-state index in [2.05, 4.69) is 33.4 Å². The third-order valence-electron chi connectivity index (χ3n) is 5.83. The first-order chi connectivity index (χ1) is 12.7. The Morgan fingerprint density at radius 1 is 1.15 bits per heavy atom. The lowest BCUT2D eigenvalue weighted by molar-refractivity contribution is 0.0950. The maximum absolute atomic E-state index is 12.3. The topological polar surface area (TPSA) is 45.2 Å². The van der Waals surface area contributed by atoms with Crippen molar-refractivity contribution in [1.29, 1.82) is 0 Å². The van der Waals surface area contributed by atoms with E-state index in [4.69, 9.17) is 0 Å². The molecule has 26 heavy (non-hydrogen) atoms. The lowest BCUT2D eigenvalue weighted by Gasteiger charge is -2.36. The molecule has 0 atom stereocenters. The van der Waals surface area contributed by atoms with Crippen LogP contribution in [0.3, 0.4) is 0 Å². The predicted octanol–water partition coefficient (Wildman–Crippen LogP) is 3.27. The Kier molecular flexibility index (Phi) is 5.02. The Bertz CT molecular complexity index is 780. The third kappa shape index (κ3) is 3.80. The number of nitrogens with one attached hydrogen (secondary N) is 1. The van der Waals surface area contributed by atoms with E-state index in [1.807, 2.05) is 19.1 Å². The number of nitrogens with zero attached hydrogens (tertiary/aromatic N) is 2. The molecule has 0 radical (unpaired) electrons. The van der Waals surface area contributed by atoms with Crippen molar-refractivity contribution in [2.45, 2.75) is 51.6 Å². The van der Waals surface area contributed by atoms with Crippen LogP contribution in [-0.4, -0.2) is 34.9 Å². The van der Waals surface area contributed by atoms with Gasteiger partial charge in [-0.1, -0.05) is 24.6 Å². The van der Waals surface area contributed by atoms with Gasteiger partial charge in [-0.25, -0.2) is 0 Å². The molecule has 1 aliphatic carbocycles. The second-order valence-electron chi connectivity index (χ2n) is 7.59. The number of amides is 1. The molecule has 1 N–H and O–H groups in total. The number of carbonyl (C=O) groups excluding carboxylic acids is 1. The first kappa shape index (κ1) is 17.2. The fourth-order valence-electron chi connectivity index (χ4n) is 3.91.